The molecule has 6 nitrogen and oxygen atoms in total. The molecule has 0 amide bonds. The number of carboxylic acids is 1. The summed E-state index contributed by atoms with van der Waals surface area (Å²) in [5.74, 6) is -0.940. The maximum absolute atomic E-state index is 12.9. The second kappa shape index (κ2) is 7.48. The summed E-state index contributed by atoms with van der Waals surface area (Å²) in [7, 11) is -3.47. The van der Waals surface area contributed by atoms with E-state index in [-0.39, 0.29) is 0 Å². The van der Waals surface area contributed by atoms with Crippen LogP contribution in [0.15, 0.2) is 35.2 Å². The number of piperazine rings is 1. The monoisotopic (exact) mass is 394 g/mol. The van der Waals surface area contributed by atoms with Crippen LogP contribution in [0.25, 0.3) is 0 Å². The maximum Gasteiger partial charge on any atom is 0.336 e. The van der Waals surface area contributed by atoms with Crippen molar-refractivity contribution in [3.8, 4) is 0 Å². The molecule has 0 atom stereocenters. The van der Waals surface area contributed by atoms with E-state index in [9.17, 15) is 18.3 Å². The SMILES string of the molecule is Cc1cc(S(=O)(=O)N2CCN(Cc3ccccc3C(=O)O)CC2)c(C)s1. The van der Waals surface area contributed by atoms with E-state index in [2.05, 4.69) is 4.90 Å². The van der Waals surface area contributed by atoms with Crippen LogP contribution in [0.4, 0.5) is 0 Å². The predicted octanol–water partition coefficient (Wildman–Crippen LogP) is 2.57. The fourth-order valence-corrected chi connectivity index (χ4v) is 6.18. The molecule has 2 aromatic rings. The lowest BCUT2D eigenvalue weighted by atomic mass is 10.1. The average molecular weight is 395 g/mol. The third-order valence-corrected chi connectivity index (χ3v) is 7.71. The predicted molar refractivity (Wildman–Crippen MR) is 101 cm³/mol. The Balaban J connectivity index is 1.68. The van der Waals surface area contributed by atoms with Crippen molar-refractivity contribution in [1.82, 2.24) is 9.21 Å². The molecule has 1 saturated heterocycles. The van der Waals surface area contributed by atoms with E-state index in [1.807, 2.05) is 26.0 Å². The van der Waals surface area contributed by atoms with Gasteiger partial charge in [0.2, 0.25) is 10.0 Å². The Morgan fingerprint density at radius 2 is 1.81 bits per heavy atom. The molecule has 0 aliphatic carbocycles. The van der Waals surface area contributed by atoms with E-state index in [0.29, 0.717) is 43.2 Å². The van der Waals surface area contributed by atoms with Crippen molar-refractivity contribution in [3.63, 3.8) is 0 Å². The summed E-state index contributed by atoms with van der Waals surface area (Å²) in [4.78, 5) is 15.6. The van der Waals surface area contributed by atoms with Gasteiger partial charge in [-0.2, -0.15) is 4.31 Å². The molecule has 0 radical (unpaired) electrons. The zero-order valence-corrected chi connectivity index (χ0v) is 16.4. The van der Waals surface area contributed by atoms with Crippen molar-refractivity contribution in [2.75, 3.05) is 26.2 Å². The molecule has 3 rings (SSSR count). The Bertz CT molecular complexity index is 913. The second-order valence-corrected chi connectivity index (χ2v) is 9.79. The summed E-state index contributed by atoms with van der Waals surface area (Å²) < 4.78 is 27.3. The fourth-order valence-electron chi connectivity index (χ4n) is 3.24. The third-order valence-electron chi connectivity index (χ3n) is 4.59. The van der Waals surface area contributed by atoms with Crippen molar-refractivity contribution in [2.24, 2.45) is 0 Å². The van der Waals surface area contributed by atoms with Crippen molar-refractivity contribution in [1.29, 1.82) is 0 Å². The van der Waals surface area contributed by atoms with Gasteiger partial charge in [-0.3, -0.25) is 4.90 Å². The first-order valence-corrected chi connectivity index (χ1v) is 10.7. The average Bonchev–Trinajstić information content (AvgIpc) is 2.95. The lowest BCUT2D eigenvalue weighted by molar-refractivity contribution is 0.0694. The highest BCUT2D eigenvalue weighted by atomic mass is 32.2. The van der Waals surface area contributed by atoms with E-state index in [0.717, 1.165) is 15.3 Å². The number of carboxylic acid groups (broad SMARTS) is 1. The molecule has 0 bridgehead atoms. The van der Waals surface area contributed by atoms with Gasteiger partial charge in [-0.1, -0.05) is 18.2 Å². The number of thiophene rings is 1. The van der Waals surface area contributed by atoms with Crippen LogP contribution in [-0.4, -0.2) is 54.9 Å². The number of rotatable bonds is 5. The highest BCUT2D eigenvalue weighted by Crippen LogP contribution is 2.28. The molecule has 0 saturated carbocycles. The number of sulfonamides is 1. The standard InChI is InChI=1S/C18H22N2O4S2/c1-13-11-17(14(2)25-13)26(23,24)20-9-7-19(8-10-20)12-15-5-3-4-6-16(15)18(21)22/h3-6,11H,7-10,12H2,1-2H3,(H,21,22). The van der Waals surface area contributed by atoms with Gasteiger partial charge < -0.3 is 5.11 Å². The summed E-state index contributed by atoms with van der Waals surface area (Å²) in [6, 6.07) is 8.68. The summed E-state index contributed by atoms with van der Waals surface area (Å²) in [5, 5.41) is 9.29. The quantitative estimate of drug-likeness (QED) is 0.843. The van der Waals surface area contributed by atoms with Gasteiger partial charge in [0.15, 0.2) is 0 Å². The van der Waals surface area contributed by atoms with Crippen LogP contribution < -0.4 is 0 Å². The van der Waals surface area contributed by atoms with Crippen LogP contribution >= 0.6 is 11.3 Å². The zero-order valence-electron chi connectivity index (χ0n) is 14.8. The molecular weight excluding hydrogens is 372 g/mol. The number of hydrogen-bond acceptors (Lipinski definition) is 5. The first kappa shape index (κ1) is 19.0. The van der Waals surface area contributed by atoms with Crippen LogP contribution in [0.1, 0.15) is 25.7 Å². The van der Waals surface area contributed by atoms with Gasteiger partial charge in [-0.25, -0.2) is 13.2 Å². The molecule has 1 aromatic carbocycles. The summed E-state index contributed by atoms with van der Waals surface area (Å²) in [6.07, 6.45) is 0. The molecule has 8 heteroatoms. The normalized spacial score (nSPS) is 16.7. The van der Waals surface area contributed by atoms with Gasteiger partial charge in [0, 0.05) is 42.5 Å². The molecular formula is C18H22N2O4S2. The van der Waals surface area contributed by atoms with Crippen molar-refractivity contribution in [2.45, 2.75) is 25.3 Å². The highest BCUT2D eigenvalue weighted by molar-refractivity contribution is 7.89. The van der Waals surface area contributed by atoms with Gasteiger partial charge >= 0.3 is 5.97 Å². The van der Waals surface area contributed by atoms with Gasteiger partial charge in [0.1, 0.15) is 0 Å². The highest BCUT2D eigenvalue weighted by Gasteiger charge is 2.30. The molecule has 0 unspecified atom stereocenters. The minimum absolute atomic E-state index is 0.298. The Hall–Kier alpha value is -1.74. The Kier molecular flexibility index (Phi) is 5.47. The molecule has 0 spiro atoms. The van der Waals surface area contributed by atoms with E-state index in [1.165, 1.54) is 15.6 Å². The molecule has 1 fully saturated rings. The molecule has 1 aromatic heterocycles. The minimum Gasteiger partial charge on any atom is -0.478 e. The van der Waals surface area contributed by atoms with Crippen LogP contribution in [0.3, 0.4) is 0 Å². The van der Waals surface area contributed by atoms with Crippen molar-refractivity contribution >= 4 is 27.3 Å². The van der Waals surface area contributed by atoms with E-state index in [4.69, 9.17) is 0 Å². The second-order valence-electron chi connectivity index (χ2n) is 6.42. The summed E-state index contributed by atoms with van der Waals surface area (Å²) in [6.45, 7) is 6.23. The topological polar surface area (TPSA) is 77.9 Å². The van der Waals surface area contributed by atoms with Crippen LogP contribution in [-0.2, 0) is 16.6 Å². The molecule has 1 N–H and O–H groups in total. The summed E-state index contributed by atoms with van der Waals surface area (Å²) in [5.41, 5.74) is 1.05. The van der Waals surface area contributed by atoms with Gasteiger partial charge in [-0.15, -0.1) is 11.3 Å². The van der Waals surface area contributed by atoms with Gasteiger partial charge in [0.25, 0.3) is 0 Å². The maximum atomic E-state index is 12.9. The van der Waals surface area contributed by atoms with E-state index >= 15 is 0 Å². The van der Waals surface area contributed by atoms with Gasteiger partial charge in [0.05, 0.1) is 10.5 Å². The zero-order chi connectivity index (χ0) is 18.9. The minimum atomic E-state index is -3.47. The number of benzene rings is 1. The Labute approximate surface area is 157 Å². The smallest absolute Gasteiger partial charge is 0.336 e. The summed E-state index contributed by atoms with van der Waals surface area (Å²) >= 11 is 1.49. The lowest BCUT2D eigenvalue weighted by Gasteiger charge is -2.34. The van der Waals surface area contributed by atoms with Crippen LogP contribution in [0.5, 0.6) is 0 Å². The number of aryl methyl sites for hydroxylation is 2. The Morgan fingerprint density at radius 3 is 2.38 bits per heavy atom. The third kappa shape index (κ3) is 3.83. The van der Waals surface area contributed by atoms with Gasteiger partial charge in [-0.05, 0) is 31.5 Å². The largest absolute Gasteiger partial charge is 0.478 e. The first-order chi connectivity index (χ1) is 12.3. The van der Waals surface area contributed by atoms with Crippen LogP contribution in [0.2, 0.25) is 0 Å². The number of nitrogens with zero attached hydrogens (tertiary/aromatic N) is 2. The first-order valence-electron chi connectivity index (χ1n) is 8.40. The molecule has 1 aliphatic rings. The van der Waals surface area contributed by atoms with E-state index in [1.54, 1.807) is 18.2 Å². The lowest BCUT2D eigenvalue weighted by Crippen LogP contribution is -2.48. The fraction of sp³-hybridized carbons (Fsp3) is 0.389. The molecule has 1 aliphatic heterocycles. The number of hydrogen-bond donors (Lipinski definition) is 1. The van der Waals surface area contributed by atoms with Crippen molar-refractivity contribution in [3.05, 3.63) is 51.2 Å². The van der Waals surface area contributed by atoms with Crippen molar-refractivity contribution < 1.29 is 18.3 Å². The Morgan fingerprint density at radius 1 is 1.15 bits per heavy atom. The number of carbonyl (C=O) groups is 1. The van der Waals surface area contributed by atoms with Crippen LogP contribution in [0, 0.1) is 13.8 Å². The molecule has 26 heavy (non-hydrogen) atoms. The number of aromatic carboxylic acids is 1. The molecule has 140 valence electrons. The van der Waals surface area contributed by atoms with E-state index < -0.39 is 16.0 Å². The molecule has 2 heterocycles.